The molecule has 24 heavy (non-hydrogen) atoms. The average molecular weight is 357 g/mol. The summed E-state index contributed by atoms with van der Waals surface area (Å²) in [5.41, 5.74) is -0.389. The molecule has 0 aliphatic carbocycles. The van der Waals surface area contributed by atoms with Gasteiger partial charge in [-0.1, -0.05) is 17.7 Å². The van der Waals surface area contributed by atoms with E-state index in [2.05, 4.69) is 0 Å². The molecule has 0 radical (unpaired) electrons. The molecular weight excluding hydrogens is 339 g/mol. The Morgan fingerprint density at radius 3 is 2.29 bits per heavy atom. The van der Waals surface area contributed by atoms with E-state index in [1.807, 2.05) is 0 Å². The van der Waals surface area contributed by atoms with Crippen molar-refractivity contribution in [2.75, 3.05) is 26.2 Å². The van der Waals surface area contributed by atoms with Crippen LogP contribution in [0, 0.1) is 5.82 Å². The minimum Gasteiger partial charge on any atom is -0.449 e. The van der Waals surface area contributed by atoms with E-state index >= 15 is 0 Å². The molecule has 8 heteroatoms. The second-order valence-corrected chi connectivity index (χ2v) is 5.88. The molecule has 0 aromatic heterocycles. The highest BCUT2D eigenvalue weighted by Crippen LogP contribution is 2.20. The third kappa shape index (κ3) is 4.03. The van der Waals surface area contributed by atoms with Gasteiger partial charge in [0.2, 0.25) is 5.91 Å². The Balaban J connectivity index is 1.97. The van der Waals surface area contributed by atoms with E-state index < -0.39 is 17.9 Å². The number of amides is 2. The lowest BCUT2D eigenvalue weighted by molar-refractivity contribution is -0.144. The predicted molar refractivity (Wildman–Crippen MR) is 85.1 cm³/mol. The summed E-state index contributed by atoms with van der Waals surface area (Å²) in [5, 5.41) is -0.0743. The first-order chi connectivity index (χ1) is 11.3. The van der Waals surface area contributed by atoms with Crippen LogP contribution in [-0.4, -0.2) is 59.9 Å². The summed E-state index contributed by atoms with van der Waals surface area (Å²) in [6, 6.07) is 3.84. The number of hydrogen-bond donors (Lipinski definition) is 0. The summed E-state index contributed by atoms with van der Waals surface area (Å²) in [4.78, 5) is 38.8. The molecule has 1 aromatic carbocycles. The Bertz CT molecular complexity index is 639. The monoisotopic (exact) mass is 356 g/mol. The lowest BCUT2D eigenvalue weighted by Crippen LogP contribution is -2.52. The van der Waals surface area contributed by atoms with E-state index in [9.17, 15) is 18.8 Å². The Morgan fingerprint density at radius 2 is 1.75 bits per heavy atom. The van der Waals surface area contributed by atoms with Crippen molar-refractivity contribution in [1.82, 2.24) is 9.80 Å². The lowest BCUT2D eigenvalue weighted by atomic mass is 10.2. The normalized spacial score (nSPS) is 15.8. The first kappa shape index (κ1) is 18.2. The van der Waals surface area contributed by atoms with Gasteiger partial charge in [-0.2, -0.15) is 0 Å². The Labute approximate surface area is 144 Å². The van der Waals surface area contributed by atoms with Crippen molar-refractivity contribution in [2.24, 2.45) is 0 Å². The molecule has 1 aliphatic rings. The Hall–Kier alpha value is -2.15. The molecule has 0 N–H and O–H groups in total. The molecule has 0 bridgehead atoms. The maximum atomic E-state index is 13.7. The summed E-state index contributed by atoms with van der Waals surface area (Å²) in [7, 11) is 0. The first-order valence-corrected chi connectivity index (χ1v) is 7.88. The molecule has 0 saturated carbocycles. The summed E-state index contributed by atoms with van der Waals surface area (Å²) in [5.74, 6) is -2.22. The van der Waals surface area contributed by atoms with Crippen molar-refractivity contribution in [2.45, 2.75) is 20.0 Å². The molecule has 1 atom stereocenters. The van der Waals surface area contributed by atoms with Gasteiger partial charge in [-0.25, -0.2) is 9.18 Å². The molecule has 1 fully saturated rings. The molecule has 1 aliphatic heterocycles. The maximum Gasteiger partial charge on any atom is 0.343 e. The topological polar surface area (TPSA) is 66.9 Å². The number of carbonyl (C=O) groups is 3. The van der Waals surface area contributed by atoms with Gasteiger partial charge in [0.15, 0.2) is 6.10 Å². The van der Waals surface area contributed by atoms with Gasteiger partial charge in [0.25, 0.3) is 5.91 Å². The molecule has 2 amide bonds. The van der Waals surface area contributed by atoms with Crippen molar-refractivity contribution >= 4 is 29.4 Å². The van der Waals surface area contributed by atoms with E-state index in [4.69, 9.17) is 16.3 Å². The molecule has 1 saturated heterocycles. The van der Waals surface area contributed by atoms with Gasteiger partial charge < -0.3 is 14.5 Å². The highest BCUT2D eigenvalue weighted by molar-refractivity contribution is 6.33. The van der Waals surface area contributed by atoms with Gasteiger partial charge in [0.1, 0.15) is 11.4 Å². The number of hydrogen-bond acceptors (Lipinski definition) is 4. The largest absolute Gasteiger partial charge is 0.449 e. The van der Waals surface area contributed by atoms with Crippen LogP contribution in [0.1, 0.15) is 24.2 Å². The van der Waals surface area contributed by atoms with E-state index in [0.717, 1.165) is 6.07 Å². The lowest BCUT2D eigenvalue weighted by Gasteiger charge is -2.35. The van der Waals surface area contributed by atoms with Crippen molar-refractivity contribution in [1.29, 1.82) is 0 Å². The van der Waals surface area contributed by atoms with Gasteiger partial charge >= 0.3 is 5.97 Å². The van der Waals surface area contributed by atoms with Crippen LogP contribution in [0.15, 0.2) is 18.2 Å². The van der Waals surface area contributed by atoms with Crippen LogP contribution >= 0.6 is 11.6 Å². The number of carbonyl (C=O) groups excluding carboxylic acids is 3. The van der Waals surface area contributed by atoms with E-state index in [1.54, 1.807) is 4.90 Å². The summed E-state index contributed by atoms with van der Waals surface area (Å²) < 4.78 is 18.8. The fraction of sp³-hybridized carbons (Fsp3) is 0.438. The van der Waals surface area contributed by atoms with Gasteiger partial charge in [0.05, 0.1) is 5.02 Å². The minimum atomic E-state index is -1.07. The zero-order chi connectivity index (χ0) is 17.9. The van der Waals surface area contributed by atoms with Crippen LogP contribution in [0.3, 0.4) is 0 Å². The number of benzene rings is 1. The Morgan fingerprint density at radius 1 is 1.17 bits per heavy atom. The standard InChI is InChI=1S/C16H18ClFN2O4/c1-10(15(22)20-8-6-19(7-9-20)11(2)21)24-16(23)14-12(17)4-3-5-13(14)18/h3-5,10H,6-9H2,1-2H3. The van der Waals surface area contributed by atoms with Crippen LogP contribution in [0.2, 0.25) is 5.02 Å². The van der Waals surface area contributed by atoms with Crippen molar-refractivity contribution < 1.29 is 23.5 Å². The number of halogens is 2. The van der Waals surface area contributed by atoms with Crippen molar-refractivity contribution in [3.8, 4) is 0 Å². The van der Waals surface area contributed by atoms with Gasteiger partial charge in [-0.3, -0.25) is 9.59 Å². The second kappa shape index (κ2) is 7.61. The SMILES string of the molecule is CC(=O)N1CCN(C(=O)C(C)OC(=O)c2c(F)cccc2Cl)CC1. The zero-order valence-corrected chi connectivity index (χ0v) is 14.2. The third-order valence-electron chi connectivity index (χ3n) is 3.84. The van der Waals surface area contributed by atoms with Crippen LogP contribution in [0.5, 0.6) is 0 Å². The number of nitrogens with zero attached hydrogens (tertiary/aromatic N) is 2. The maximum absolute atomic E-state index is 13.7. The molecule has 6 nitrogen and oxygen atoms in total. The highest BCUT2D eigenvalue weighted by Gasteiger charge is 2.29. The summed E-state index contributed by atoms with van der Waals surface area (Å²) >= 11 is 5.81. The highest BCUT2D eigenvalue weighted by atomic mass is 35.5. The quantitative estimate of drug-likeness (QED) is 0.773. The molecular formula is C16H18ClFN2O4. The van der Waals surface area contributed by atoms with Gasteiger partial charge in [0, 0.05) is 33.1 Å². The molecule has 1 aromatic rings. The summed E-state index contributed by atoms with van der Waals surface area (Å²) in [6.07, 6.45) is -1.07. The number of rotatable bonds is 3. The van der Waals surface area contributed by atoms with Crippen molar-refractivity contribution in [3.05, 3.63) is 34.6 Å². The van der Waals surface area contributed by atoms with Crippen LogP contribution in [0.25, 0.3) is 0 Å². The molecule has 1 unspecified atom stereocenters. The number of esters is 1. The van der Waals surface area contributed by atoms with Crippen molar-refractivity contribution in [3.63, 3.8) is 0 Å². The Kier molecular flexibility index (Phi) is 5.77. The van der Waals surface area contributed by atoms with E-state index in [-0.39, 0.29) is 22.4 Å². The van der Waals surface area contributed by atoms with Gasteiger partial charge in [-0.05, 0) is 19.1 Å². The van der Waals surface area contributed by atoms with E-state index in [1.165, 1.54) is 30.9 Å². The molecule has 2 rings (SSSR count). The van der Waals surface area contributed by atoms with Gasteiger partial charge in [-0.15, -0.1) is 0 Å². The molecule has 1 heterocycles. The summed E-state index contributed by atoms with van der Waals surface area (Å²) in [6.45, 7) is 4.48. The van der Waals surface area contributed by atoms with Crippen LogP contribution in [0.4, 0.5) is 4.39 Å². The van der Waals surface area contributed by atoms with E-state index in [0.29, 0.717) is 26.2 Å². The predicted octanol–water partition coefficient (Wildman–Crippen LogP) is 1.72. The zero-order valence-electron chi connectivity index (χ0n) is 13.4. The third-order valence-corrected chi connectivity index (χ3v) is 4.15. The fourth-order valence-electron chi connectivity index (χ4n) is 2.46. The molecule has 130 valence electrons. The smallest absolute Gasteiger partial charge is 0.343 e. The van der Waals surface area contributed by atoms with Crippen LogP contribution < -0.4 is 0 Å². The fourth-order valence-corrected chi connectivity index (χ4v) is 2.70. The molecule has 0 spiro atoms. The van der Waals surface area contributed by atoms with Crippen LogP contribution in [-0.2, 0) is 14.3 Å². The first-order valence-electron chi connectivity index (χ1n) is 7.50. The second-order valence-electron chi connectivity index (χ2n) is 5.48. The average Bonchev–Trinajstić information content (AvgIpc) is 2.54. The minimum absolute atomic E-state index is 0.0456. The number of piperazine rings is 1. The number of ether oxygens (including phenoxy) is 1.